The van der Waals surface area contributed by atoms with E-state index in [0.29, 0.717) is 23.2 Å². The average molecular weight is 446 g/mol. The van der Waals surface area contributed by atoms with Gasteiger partial charge in [-0.2, -0.15) is 5.10 Å². The van der Waals surface area contributed by atoms with Gasteiger partial charge in [0.2, 0.25) is 4.80 Å². The predicted octanol–water partition coefficient (Wildman–Crippen LogP) is 5.70. The molecule has 5 nitrogen and oxygen atoms in total. The summed E-state index contributed by atoms with van der Waals surface area (Å²) in [4.78, 5) is 5.33. The maximum Gasteiger partial charge on any atom is 0.206 e. The molecule has 4 aromatic rings. The van der Waals surface area contributed by atoms with E-state index in [4.69, 9.17) is 32.4 Å². The van der Waals surface area contributed by atoms with Crippen molar-refractivity contribution in [1.82, 2.24) is 4.68 Å². The molecule has 0 atom stereocenters. The molecule has 0 bridgehead atoms. The fraction of sp³-hybridized carbons (Fsp3) is 0.143. The summed E-state index contributed by atoms with van der Waals surface area (Å²) in [5.74, 6) is 0.718. The zero-order valence-electron chi connectivity index (χ0n) is 15.5. The van der Waals surface area contributed by atoms with Crippen LogP contribution in [0.1, 0.15) is 5.56 Å². The number of hydrogen-bond donors (Lipinski definition) is 0. The number of nitrogens with zero attached hydrogens (tertiary/aromatic N) is 3. The van der Waals surface area contributed by atoms with Crippen molar-refractivity contribution in [2.75, 3.05) is 20.3 Å². The lowest BCUT2D eigenvalue weighted by atomic mass is 10.2. The molecule has 0 aliphatic heterocycles. The van der Waals surface area contributed by atoms with Gasteiger partial charge in [0.25, 0.3) is 0 Å². The quantitative estimate of drug-likeness (QED) is 0.282. The van der Waals surface area contributed by atoms with E-state index in [1.165, 1.54) is 11.3 Å². The Bertz CT molecular complexity index is 1210. The summed E-state index contributed by atoms with van der Waals surface area (Å²) in [6.07, 6.45) is 1.69. The van der Waals surface area contributed by atoms with Gasteiger partial charge in [0.05, 0.1) is 24.4 Å². The number of thiazole rings is 1. The number of para-hydroxylation sites is 1. The van der Waals surface area contributed by atoms with Crippen LogP contribution < -0.4 is 4.80 Å². The topological polar surface area (TPSA) is 52.0 Å². The van der Waals surface area contributed by atoms with Gasteiger partial charge in [0, 0.05) is 28.5 Å². The van der Waals surface area contributed by atoms with Gasteiger partial charge in [-0.3, -0.25) is 4.99 Å². The van der Waals surface area contributed by atoms with Gasteiger partial charge in [-0.25, -0.2) is 4.68 Å². The van der Waals surface area contributed by atoms with Gasteiger partial charge < -0.3 is 9.15 Å². The number of halogens is 2. The molecule has 148 valence electrons. The molecule has 0 fully saturated rings. The van der Waals surface area contributed by atoms with Gasteiger partial charge in [-0.05, 0) is 24.3 Å². The molecule has 0 unspecified atom stereocenters. The monoisotopic (exact) mass is 445 g/mol. The maximum atomic E-state index is 6.28. The largest absolute Gasteiger partial charge is 0.454 e. The van der Waals surface area contributed by atoms with Crippen molar-refractivity contribution < 1.29 is 9.15 Å². The van der Waals surface area contributed by atoms with Gasteiger partial charge in [0.1, 0.15) is 11.3 Å². The van der Waals surface area contributed by atoms with Crippen LogP contribution in [0.5, 0.6) is 0 Å². The molecule has 29 heavy (non-hydrogen) atoms. The molecule has 0 saturated carbocycles. The van der Waals surface area contributed by atoms with Crippen molar-refractivity contribution in [2.24, 2.45) is 10.1 Å². The Labute approximate surface area is 181 Å². The number of fused-ring (bicyclic) bond motifs is 1. The van der Waals surface area contributed by atoms with Crippen LogP contribution in [0.15, 0.2) is 68.4 Å². The van der Waals surface area contributed by atoms with Crippen LogP contribution in [0.3, 0.4) is 0 Å². The molecule has 0 N–H and O–H groups in total. The van der Waals surface area contributed by atoms with Crippen LogP contribution in [0, 0.1) is 0 Å². The van der Waals surface area contributed by atoms with Crippen LogP contribution in [-0.2, 0) is 4.74 Å². The summed E-state index contributed by atoms with van der Waals surface area (Å²) in [7, 11) is 1.65. The van der Waals surface area contributed by atoms with E-state index < -0.39 is 0 Å². The summed E-state index contributed by atoms with van der Waals surface area (Å²) in [6, 6.07) is 15.2. The molecule has 0 aliphatic carbocycles. The van der Waals surface area contributed by atoms with E-state index in [-0.39, 0.29) is 0 Å². The van der Waals surface area contributed by atoms with E-state index in [1.807, 2.05) is 41.8 Å². The van der Waals surface area contributed by atoms with Crippen LogP contribution >= 0.6 is 34.5 Å². The lowest BCUT2D eigenvalue weighted by molar-refractivity contribution is 0.207. The van der Waals surface area contributed by atoms with Crippen LogP contribution in [0.25, 0.3) is 22.4 Å². The summed E-state index contributed by atoms with van der Waals surface area (Å²) >= 11 is 13.8. The molecule has 0 spiro atoms. The Balaban J connectivity index is 1.79. The zero-order chi connectivity index (χ0) is 20.2. The summed E-state index contributed by atoms with van der Waals surface area (Å²) in [6.45, 7) is 1.07. The Kier molecular flexibility index (Phi) is 6.16. The highest BCUT2D eigenvalue weighted by Crippen LogP contribution is 2.28. The van der Waals surface area contributed by atoms with Crippen LogP contribution in [-0.4, -0.2) is 31.2 Å². The van der Waals surface area contributed by atoms with Crippen molar-refractivity contribution >= 4 is 51.7 Å². The highest BCUT2D eigenvalue weighted by Gasteiger charge is 2.13. The first-order valence-electron chi connectivity index (χ1n) is 8.84. The second-order valence-corrected chi connectivity index (χ2v) is 7.83. The normalized spacial score (nSPS) is 12.4. The SMILES string of the molecule is COCCN=c1scc(-c2cc3ccccc3o2)n1/N=C\c1ccc(Cl)cc1Cl. The molecule has 8 heteroatoms. The molecule has 0 aliphatic rings. The number of hydrogen-bond acceptors (Lipinski definition) is 5. The van der Waals surface area contributed by atoms with Gasteiger partial charge in [-0.15, -0.1) is 11.3 Å². The van der Waals surface area contributed by atoms with E-state index in [9.17, 15) is 0 Å². The summed E-state index contributed by atoms with van der Waals surface area (Å²) < 4.78 is 12.9. The highest BCUT2D eigenvalue weighted by atomic mass is 35.5. The van der Waals surface area contributed by atoms with Gasteiger partial charge in [-0.1, -0.05) is 47.5 Å². The summed E-state index contributed by atoms with van der Waals surface area (Å²) in [5.41, 5.74) is 2.39. The molecule has 0 amide bonds. The Hall–Kier alpha value is -2.38. The Morgan fingerprint density at radius 1 is 1.17 bits per heavy atom. The molecule has 0 saturated heterocycles. The minimum Gasteiger partial charge on any atom is -0.454 e. The van der Waals surface area contributed by atoms with Crippen molar-refractivity contribution in [3.63, 3.8) is 0 Å². The molecule has 4 rings (SSSR count). The molecule has 2 heterocycles. The molecule has 0 radical (unpaired) electrons. The van der Waals surface area contributed by atoms with Crippen molar-refractivity contribution in [3.8, 4) is 11.5 Å². The molecule has 2 aromatic carbocycles. The van der Waals surface area contributed by atoms with Crippen molar-refractivity contribution in [1.29, 1.82) is 0 Å². The number of ether oxygens (including phenoxy) is 1. The Morgan fingerprint density at radius 3 is 2.83 bits per heavy atom. The first-order valence-corrected chi connectivity index (χ1v) is 10.5. The molecular weight excluding hydrogens is 429 g/mol. The third-order valence-electron chi connectivity index (χ3n) is 4.18. The number of benzene rings is 2. The van der Waals surface area contributed by atoms with Crippen molar-refractivity contribution in [2.45, 2.75) is 0 Å². The Morgan fingerprint density at radius 2 is 2.03 bits per heavy atom. The van der Waals surface area contributed by atoms with Gasteiger partial charge >= 0.3 is 0 Å². The molecule has 2 aromatic heterocycles. The first kappa shape index (κ1) is 19.9. The highest BCUT2D eigenvalue weighted by molar-refractivity contribution is 7.07. The third kappa shape index (κ3) is 4.46. The van der Waals surface area contributed by atoms with Crippen LogP contribution in [0.2, 0.25) is 10.0 Å². The first-order chi connectivity index (χ1) is 14.2. The number of rotatable bonds is 6. The fourth-order valence-electron chi connectivity index (χ4n) is 2.76. The predicted molar refractivity (Wildman–Crippen MR) is 119 cm³/mol. The van der Waals surface area contributed by atoms with E-state index >= 15 is 0 Å². The third-order valence-corrected chi connectivity index (χ3v) is 5.60. The van der Waals surface area contributed by atoms with E-state index in [0.717, 1.165) is 32.8 Å². The second-order valence-electron chi connectivity index (χ2n) is 6.15. The van der Waals surface area contributed by atoms with Crippen LogP contribution in [0.4, 0.5) is 0 Å². The van der Waals surface area contributed by atoms with Gasteiger partial charge in [0.15, 0.2) is 5.76 Å². The minimum atomic E-state index is 0.528. The minimum absolute atomic E-state index is 0.528. The molecular formula is C21H17Cl2N3O2S. The number of aromatic nitrogens is 1. The number of methoxy groups -OCH3 is 1. The van der Waals surface area contributed by atoms with Crippen molar-refractivity contribution in [3.05, 3.63) is 74.3 Å². The standard InChI is InChI=1S/C21H17Cl2N3O2S/c1-27-9-8-24-21-26(25-12-15-6-7-16(22)11-17(15)23)18(13-29-21)20-10-14-4-2-3-5-19(14)28-20/h2-7,10-13H,8-9H2,1H3/b24-21?,25-12-. The fourth-order valence-corrected chi connectivity index (χ4v) is 4.06. The smallest absolute Gasteiger partial charge is 0.206 e. The van der Waals surface area contributed by atoms with E-state index in [2.05, 4.69) is 10.1 Å². The second kappa shape index (κ2) is 8.97. The lowest BCUT2D eigenvalue weighted by Gasteiger charge is -2.02. The maximum absolute atomic E-state index is 6.28. The summed E-state index contributed by atoms with van der Waals surface area (Å²) in [5, 5.41) is 8.74. The average Bonchev–Trinajstić information content (AvgIpc) is 3.31. The van der Waals surface area contributed by atoms with E-state index in [1.54, 1.807) is 30.1 Å². The number of furan rings is 1. The lowest BCUT2D eigenvalue weighted by Crippen LogP contribution is -2.13. The zero-order valence-corrected chi connectivity index (χ0v) is 17.8.